The van der Waals surface area contributed by atoms with Gasteiger partial charge in [-0.25, -0.2) is 18.7 Å². The third-order valence-electron chi connectivity index (χ3n) is 7.89. The quantitative estimate of drug-likeness (QED) is 0.362. The molecule has 2 saturated carbocycles. The zero-order valence-electron chi connectivity index (χ0n) is 22.8. The van der Waals surface area contributed by atoms with Gasteiger partial charge in [0.1, 0.15) is 0 Å². The number of halogens is 2. The average Bonchev–Trinajstić information content (AvgIpc) is 3.58. The van der Waals surface area contributed by atoms with Gasteiger partial charge in [-0.3, -0.25) is 14.5 Å². The van der Waals surface area contributed by atoms with Gasteiger partial charge in [0.15, 0.2) is 0 Å². The highest BCUT2D eigenvalue weighted by molar-refractivity contribution is 5.96. The Morgan fingerprint density at radius 2 is 1.95 bits per heavy atom. The Morgan fingerprint density at radius 3 is 2.54 bits per heavy atom. The van der Waals surface area contributed by atoms with Crippen LogP contribution in [0.1, 0.15) is 68.1 Å². The number of piperazine rings is 1. The number of aromatic amines is 1. The summed E-state index contributed by atoms with van der Waals surface area (Å²) in [6.45, 7) is 9.44. The van der Waals surface area contributed by atoms with E-state index in [1.165, 1.54) is 15.2 Å². The molecule has 1 aliphatic heterocycles. The van der Waals surface area contributed by atoms with Crippen LogP contribution in [0, 0.1) is 12.8 Å². The van der Waals surface area contributed by atoms with Crippen molar-refractivity contribution in [2.45, 2.75) is 84.0 Å². The van der Waals surface area contributed by atoms with E-state index in [1.54, 1.807) is 17.9 Å². The Balaban J connectivity index is 1.42. The van der Waals surface area contributed by atoms with Crippen LogP contribution < -0.4 is 15.4 Å². The maximum Gasteiger partial charge on any atom is 0.378 e. The van der Waals surface area contributed by atoms with Crippen molar-refractivity contribution in [3.63, 3.8) is 0 Å². The number of carbonyl (C=O) groups excluding carboxylic acids is 2. The molecule has 0 bridgehead atoms. The number of alkyl halides is 2. The molecule has 2 aromatic heterocycles. The van der Waals surface area contributed by atoms with Gasteiger partial charge in [0.05, 0.1) is 17.8 Å². The lowest BCUT2D eigenvalue weighted by Gasteiger charge is -2.48. The molecule has 12 heteroatoms. The number of nitrogens with zero attached hydrogens (tertiary/aromatic N) is 4. The average molecular weight is 548 g/mol. The number of rotatable bonds is 7. The molecule has 0 spiro atoms. The molecular weight excluding hydrogens is 510 g/mol. The van der Waals surface area contributed by atoms with Crippen LogP contribution in [0.5, 0.6) is 5.88 Å². The van der Waals surface area contributed by atoms with Gasteiger partial charge in [-0.15, -0.1) is 0 Å². The molecule has 10 nitrogen and oxygen atoms in total. The summed E-state index contributed by atoms with van der Waals surface area (Å²) < 4.78 is 29.4. The van der Waals surface area contributed by atoms with Crippen LogP contribution in [0.2, 0.25) is 0 Å². The molecule has 1 saturated heterocycles. The van der Waals surface area contributed by atoms with E-state index < -0.39 is 23.3 Å². The molecule has 2 aliphatic carbocycles. The minimum atomic E-state index is -2.58. The van der Waals surface area contributed by atoms with Crippen molar-refractivity contribution in [3.05, 3.63) is 33.3 Å². The summed E-state index contributed by atoms with van der Waals surface area (Å²) in [6.07, 6.45) is 4.50. The molecule has 3 heterocycles. The van der Waals surface area contributed by atoms with Crippen molar-refractivity contribution < 1.29 is 28.0 Å². The Labute approximate surface area is 225 Å². The molecule has 3 N–H and O–H groups in total. The van der Waals surface area contributed by atoms with Crippen molar-refractivity contribution in [1.82, 2.24) is 24.7 Å². The van der Waals surface area contributed by atoms with Crippen LogP contribution in [0.4, 0.5) is 8.78 Å². The highest BCUT2D eigenvalue weighted by Gasteiger charge is 2.48. The molecule has 1 atom stereocenters. The first kappa shape index (κ1) is 27.3. The van der Waals surface area contributed by atoms with Gasteiger partial charge < -0.3 is 15.3 Å². The lowest BCUT2D eigenvalue weighted by atomic mass is 9.86. The van der Waals surface area contributed by atoms with Gasteiger partial charge in [-0.1, -0.05) is 18.4 Å². The van der Waals surface area contributed by atoms with Gasteiger partial charge in [0, 0.05) is 56.7 Å². The molecule has 3 aliphatic rings. The van der Waals surface area contributed by atoms with Gasteiger partial charge in [-0.2, -0.15) is 4.57 Å². The van der Waals surface area contributed by atoms with E-state index in [-0.39, 0.29) is 48.4 Å². The molecule has 3 fully saturated rings. The second-order valence-corrected chi connectivity index (χ2v) is 11.7. The number of nitrogens with one attached hydrogen (secondary N) is 2. The second kappa shape index (κ2) is 10.0. The van der Waals surface area contributed by atoms with E-state index in [1.807, 2.05) is 25.7 Å². The Morgan fingerprint density at radius 1 is 1.26 bits per heavy atom. The second-order valence-electron chi connectivity index (χ2n) is 11.7. The van der Waals surface area contributed by atoms with Crippen molar-refractivity contribution in [2.24, 2.45) is 5.92 Å². The Kier molecular flexibility index (Phi) is 7.02. The van der Waals surface area contributed by atoms with E-state index in [0.717, 1.165) is 12.8 Å². The van der Waals surface area contributed by atoms with Crippen LogP contribution in [0.3, 0.4) is 0 Å². The minimum absolute atomic E-state index is 0.0179. The molecule has 5 rings (SSSR count). The van der Waals surface area contributed by atoms with E-state index in [2.05, 4.69) is 10.4 Å². The summed E-state index contributed by atoms with van der Waals surface area (Å²) in [5.41, 5.74) is 0.523. The minimum Gasteiger partial charge on any atom is -0.477 e. The smallest absolute Gasteiger partial charge is 0.378 e. The number of amides is 2. The summed E-state index contributed by atoms with van der Waals surface area (Å²) in [5, 5.41) is 16.9. The molecule has 2 amide bonds. The third-order valence-corrected chi connectivity index (χ3v) is 7.89. The largest absolute Gasteiger partial charge is 0.477 e. The van der Waals surface area contributed by atoms with Crippen LogP contribution in [-0.2, 0) is 11.3 Å². The number of aromatic hydroxyl groups is 1. The van der Waals surface area contributed by atoms with Crippen molar-refractivity contribution >= 4 is 23.5 Å². The zero-order valence-corrected chi connectivity index (χ0v) is 22.8. The maximum absolute atomic E-state index is 13.3. The molecular formula is C27H37F2N6O4+. The summed E-state index contributed by atoms with van der Waals surface area (Å²) >= 11 is 0. The number of fused-ring (bicyclic) bond motifs is 1. The first-order valence-corrected chi connectivity index (χ1v) is 13.7. The van der Waals surface area contributed by atoms with E-state index in [4.69, 9.17) is 0 Å². The van der Waals surface area contributed by atoms with E-state index in [0.29, 0.717) is 43.1 Å². The van der Waals surface area contributed by atoms with Gasteiger partial charge >= 0.3 is 17.1 Å². The number of hydrogen-bond donors (Lipinski definition) is 3. The monoisotopic (exact) mass is 547 g/mol. The van der Waals surface area contributed by atoms with Gasteiger partial charge in [-0.05, 0) is 38.7 Å². The number of hydrogen-bond acceptors (Lipinski definition) is 5. The predicted octanol–water partition coefficient (Wildman–Crippen LogP) is 1.82. The highest BCUT2D eigenvalue weighted by atomic mass is 19.3. The predicted molar refractivity (Wildman–Crippen MR) is 140 cm³/mol. The molecule has 0 unspecified atom stereocenters. The lowest BCUT2D eigenvalue weighted by Crippen LogP contribution is -2.60. The van der Waals surface area contributed by atoms with E-state index in [9.17, 15) is 28.3 Å². The first-order chi connectivity index (χ1) is 18.4. The first-order valence-electron chi connectivity index (χ1n) is 13.7. The summed E-state index contributed by atoms with van der Waals surface area (Å²) in [6, 6.07) is -0.258. The fraction of sp³-hybridized carbons (Fsp3) is 0.630. The SMILES string of the molecule is Cc1[nH]n2c(=O)c(C(=O)NC3CC3)c(O)[n+](CC(C)C)c2c1/C=C/C(=O)N1CCN(C2CC(F)(F)C2)C[C@@H]1C. The lowest BCUT2D eigenvalue weighted by molar-refractivity contribution is -0.686. The summed E-state index contributed by atoms with van der Waals surface area (Å²) in [7, 11) is 0. The molecule has 39 heavy (non-hydrogen) atoms. The van der Waals surface area contributed by atoms with Gasteiger partial charge in [0.25, 0.3) is 11.8 Å². The Hall–Kier alpha value is -3.28. The number of aryl methyl sites for hydroxylation is 1. The van der Waals surface area contributed by atoms with E-state index >= 15 is 0 Å². The zero-order chi connectivity index (χ0) is 28.2. The Bertz CT molecular complexity index is 1390. The van der Waals surface area contributed by atoms with Crippen molar-refractivity contribution in [3.8, 4) is 5.88 Å². The molecule has 0 radical (unpaired) electrons. The third kappa shape index (κ3) is 5.30. The molecule has 212 valence electrons. The molecule has 0 aromatic carbocycles. The van der Waals surface area contributed by atoms with Crippen molar-refractivity contribution in [2.75, 3.05) is 19.6 Å². The highest BCUT2D eigenvalue weighted by Crippen LogP contribution is 2.41. The summed E-state index contributed by atoms with van der Waals surface area (Å²) in [5.74, 6) is -3.72. The number of carbonyl (C=O) groups is 2. The maximum atomic E-state index is 13.3. The van der Waals surface area contributed by atoms with Crippen LogP contribution in [0.15, 0.2) is 10.9 Å². The standard InChI is InChI=1S/C27H36F2N6O4/c1-15(2)13-34-24-20(17(4)31-35(24)26(39)22(25(34)38)23(37)30-18-5-6-18)7-8-21(36)33-10-9-32(14-16(33)3)19-11-27(28,29)12-19/h7-8,15-16,18-19H,5-6,9-14H2,1-4H3,(H2,30,37,38,39)/p+1/b8-7+/t16-/m0/s1. The van der Waals surface area contributed by atoms with Crippen LogP contribution in [0.25, 0.3) is 11.7 Å². The fourth-order valence-electron chi connectivity index (χ4n) is 5.63. The number of aromatic nitrogens is 3. The van der Waals surface area contributed by atoms with Crippen molar-refractivity contribution in [1.29, 1.82) is 0 Å². The topological polar surface area (TPSA) is 114 Å². The fourth-order valence-corrected chi connectivity index (χ4v) is 5.63. The normalized spacial score (nSPS) is 22.1. The molecule has 2 aromatic rings. The number of H-pyrrole nitrogens is 1. The van der Waals surface area contributed by atoms with Gasteiger partial charge in [0.2, 0.25) is 11.5 Å². The van der Waals surface area contributed by atoms with Crippen LogP contribution in [-0.4, -0.2) is 80.0 Å². The summed E-state index contributed by atoms with van der Waals surface area (Å²) in [4.78, 5) is 43.1. The van der Waals surface area contributed by atoms with Crippen LogP contribution >= 0.6 is 0 Å².